The van der Waals surface area contributed by atoms with Gasteiger partial charge >= 0.3 is 0 Å². The van der Waals surface area contributed by atoms with E-state index in [4.69, 9.17) is 0 Å². The number of imidazole rings is 1. The van der Waals surface area contributed by atoms with Gasteiger partial charge in [-0.1, -0.05) is 6.07 Å². The highest BCUT2D eigenvalue weighted by molar-refractivity contribution is 5.38. The lowest BCUT2D eigenvalue weighted by atomic mass is 10.1. The van der Waals surface area contributed by atoms with E-state index in [1.807, 2.05) is 0 Å². The molecule has 2 aromatic rings. The van der Waals surface area contributed by atoms with E-state index in [-0.39, 0.29) is 17.0 Å². The Labute approximate surface area is 107 Å². The molecule has 86 valence electrons. The third-order valence-corrected chi connectivity index (χ3v) is 2.56. The van der Waals surface area contributed by atoms with Crippen LogP contribution in [0.25, 0.3) is 5.69 Å². The zero-order valence-corrected chi connectivity index (χ0v) is 11.5. The smallest absolute Gasteiger partial charge is 0.248 e. The molecule has 16 heavy (non-hydrogen) atoms. The first kappa shape index (κ1) is 13.0. The minimum atomic E-state index is 0. The molecule has 1 heterocycles. The van der Waals surface area contributed by atoms with Crippen molar-refractivity contribution in [1.82, 2.24) is 4.57 Å². The average Bonchev–Trinajstić information content (AvgIpc) is 2.64. The van der Waals surface area contributed by atoms with Gasteiger partial charge < -0.3 is 17.0 Å². The predicted octanol–water partition coefficient (Wildman–Crippen LogP) is -0.594. The number of aryl methyl sites for hydroxylation is 3. The van der Waals surface area contributed by atoms with Gasteiger partial charge in [-0.2, -0.15) is 0 Å². The summed E-state index contributed by atoms with van der Waals surface area (Å²) in [6.07, 6.45) is 6.31. The van der Waals surface area contributed by atoms with Crippen LogP contribution in [0.2, 0.25) is 0 Å². The SMILES string of the molecule is CC[n+]1ccn(-c2cc(C)cc(C)c2)c1.[Br-]. The van der Waals surface area contributed by atoms with Gasteiger partial charge in [0.1, 0.15) is 18.1 Å². The molecule has 0 unspecified atom stereocenters. The van der Waals surface area contributed by atoms with Crippen LogP contribution < -0.4 is 21.5 Å². The normalized spacial score (nSPS) is 9.94. The Morgan fingerprint density at radius 1 is 1.12 bits per heavy atom. The minimum Gasteiger partial charge on any atom is -1.00 e. The molecule has 0 bridgehead atoms. The van der Waals surface area contributed by atoms with Crippen molar-refractivity contribution in [3.63, 3.8) is 0 Å². The molecule has 0 amide bonds. The highest BCUT2D eigenvalue weighted by Crippen LogP contribution is 2.12. The van der Waals surface area contributed by atoms with Gasteiger partial charge in [-0.15, -0.1) is 0 Å². The summed E-state index contributed by atoms with van der Waals surface area (Å²) in [4.78, 5) is 0. The molecular formula is C13H17BrN2. The topological polar surface area (TPSA) is 8.81 Å². The predicted molar refractivity (Wildman–Crippen MR) is 61.1 cm³/mol. The summed E-state index contributed by atoms with van der Waals surface area (Å²) in [5, 5.41) is 0. The lowest BCUT2D eigenvalue weighted by Gasteiger charge is -2.00. The van der Waals surface area contributed by atoms with Crippen LogP contribution in [0.4, 0.5) is 0 Å². The fourth-order valence-corrected chi connectivity index (χ4v) is 1.83. The van der Waals surface area contributed by atoms with Crippen LogP contribution in [0.15, 0.2) is 36.9 Å². The van der Waals surface area contributed by atoms with E-state index in [1.54, 1.807) is 0 Å². The number of nitrogens with zero attached hydrogens (tertiary/aromatic N) is 2. The molecule has 0 N–H and O–H groups in total. The summed E-state index contributed by atoms with van der Waals surface area (Å²) in [5.41, 5.74) is 3.85. The molecule has 3 heteroatoms. The molecule has 2 rings (SSSR count). The molecule has 0 radical (unpaired) electrons. The molecule has 0 aliphatic carbocycles. The fraction of sp³-hybridized carbons (Fsp3) is 0.308. The maximum absolute atomic E-state index is 2.20. The van der Waals surface area contributed by atoms with E-state index in [0.29, 0.717) is 0 Å². The molecule has 1 aromatic heterocycles. The molecular weight excluding hydrogens is 264 g/mol. The highest BCUT2D eigenvalue weighted by atomic mass is 79.9. The first-order valence-corrected chi connectivity index (χ1v) is 5.35. The zero-order chi connectivity index (χ0) is 10.8. The second-order valence-corrected chi connectivity index (χ2v) is 4.00. The Balaban J connectivity index is 0.00000128. The van der Waals surface area contributed by atoms with Gasteiger partial charge in [-0.25, -0.2) is 9.13 Å². The van der Waals surface area contributed by atoms with Crippen molar-refractivity contribution >= 4 is 0 Å². The summed E-state index contributed by atoms with van der Waals surface area (Å²) in [6, 6.07) is 6.60. The maximum atomic E-state index is 2.20. The van der Waals surface area contributed by atoms with Crippen LogP contribution >= 0.6 is 0 Å². The molecule has 0 spiro atoms. The number of rotatable bonds is 2. The lowest BCUT2D eigenvalue weighted by molar-refractivity contribution is -0.692. The number of hydrogen-bond acceptors (Lipinski definition) is 0. The second-order valence-electron chi connectivity index (χ2n) is 4.00. The third-order valence-electron chi connectivity index (χ3n) is 2.56. The molecule has 0 aliphatic heterocycles. The van der Waals surface area contributed by atoms with E-state index >= 15 is 0 Å². The van der Waals surface area contributed by atoms with Gasteiger partial charge in [0.2, 0.25) is 6.33 Å². The molecule has 0 aliphatic rings. The van der Waals surface area contributed by atoms with Crippen molar-refractivity contribution in [3.05, 3.63) is 48.0 Å². The van der Waals surface area contributed by atoms with Crippen molar-refractivity contribution < 1.29 is 21.5 Å². The third kappa shape index (κ3) is 2.73. The summed E-state index contributed by atoms with van der Waals surface area (Å²) in [6.45, 7) is 7.42. The molecule has 2 nitrogen and oxygen atoms in total. The van der Waals surface area contributed by atoms with E-state index in [9.17, 15) is 0 Å². The van der Waals surface area contributed by atoms with Crippen LogP contribution in [0.5, 0.6) is 0 Å². The van der Waals surface area contributed by atoms with Gasteiger partial charge in [0.25, 0.3) is 0 Å². The van der Waals surface area contributed by atoms with E-state index in [2.05, 4.69) is 66.8 Å². The van der Waals surface area contributed by atoms with E-state index in [0.717, 1.165) is 6.54 Å². The van der Waals surface area contributed by atoms with Gasteiger partial charge in [-0.3, -0.25) is 0 Å². The Morgan fingerprint density at radius 2 is 1.75 bits per heavy atom. The molecule has 1 aromatic carbocycles. The molecule has 0 saturated heterocycles. The summed E-state index contributed by atoms with van der Waals surface area (Å²) < 4.78 is 4.32. The van der Waals surface area contributed by atoms with Gasteiger partial charge in [0.15, 0.2) is 0 Å². The van der Waals surface area contributed by atoms with E-state index in [1.165, 1.54) is 16.8 Å². The fourth-order valence-electron chi connectivity index (χ4n) is 1.83. The second kappa shape index (κ2) is 5.30. The Hall–Kier alpha value is -1.09. The van der Waals surface area contributed by atoms with Crippen LogP contribution in [0, 0.1) is 13.8 Å². The van der Waals surface area contributed by atoms with Gasteiger partial charge in [0, 0.05) is 0 Å². The van der Waals surface area contributed by atoms with Crippen molar-refractivity contribution in [2.24, 2.45) is 0 Å². The van der Waals surface area contributed by atoms with Crippen LogP contribution in [-0.4, -0.2) is 4.57 Å². The zero-order valence-electron chi connectivity index (χ0n) is 9.94. The number of halogens is 1. The number of benzene rings is 1. The molecule has 0 saturated carbocycles. The lowest BCUT2D eigenvalue weighted by Crippen LogP contribution is -3.00. The molecule has 0 atom stereocenters. The van der Waals surface area contributed by atoms with E-state index < -0.39 is 0 Å². The first-order chi connectivity index (χ1) is 7.19. The minimum absolute atomic E-state index is 0. The largest absolute Gasteiger partial charge is 1.00 e. The Morgan fingerprint density at radius 3 is 2.25 bits per heavy atom. The number of aromatic nitrogens is 2. The summed E-state index contributed by atoms with van der Waals surface area (Å²) >= 11 is 0. The van der Waals surface area contributed by atoms with Crippen LogP contribution in [0.3, 0.4) is 0 Å². The maximum Gasteiger partial charge on any atom is 0.248 e. The van der Waals surface area contributed by atoms with Crippen LogP contribution in [0.1, 0.15) is 18.1 Å². The van der Waals surface area contributed by atoms with Crippen molar-refractivity contribution in [3.8, 4) is 5.69 Å². The first-order valence-electron chi connectivity index (χ1n) is 5.35. The quantitative estimate of drug-likeness (QED) is 0.651. The van der Waals surface area contributed by atoms with Crippen molar-refractivity contribution in [2.75, 3.05) is 0 Å². The van der Waals surface area contributed by atoms with Crippen molar-refractivity contribution in [2.45, 2.75) is 27.3 Å². The van der Waals surface area contributed by atoms with Crippen molar-refractivity contribution in [1.29, 1.82) is 0 Å². The summed E-state index contributed by atoms with van der Waals surface area (Å²) in [7, 11) is 0. The highest BCUT2D eigenvalue weighted by Gasteiger charge is 2.05. The van der Waals surface area contributed by atoms with Gasteiger partial charge in [-0.05, 0) is 44.0 Å². The standard InChI is InChI=1S/C13H17N2.BrH/c1-4-14-5-6-15(10-14)13-8-11(2)7-12(3)9-13;/h5-10H,4H2,1-3H3;1H/q+1;/p-1. The Bertz CT molecular complexity index is 454. The molecule has 0 fully saturated rings. The monoisotopic (exact) mass is 280 g/mol. The van der Waals surface area contributed by atoms with Gasteiger partial charge in [0.05, 0.1) is 6.54 Å². The summed E-state index contributed by atoms with van der Waals surface area (Å²) in [5.74, 6) is 0. The van der Waals surface area contributed by atoms with Crippen LogP contribution in [-0.2, 0) is 6.54 Å². The number of hydrogen-bond donors (Lipinski definition) is 0. The Kier molecular flexibility index (Phi) is 4.30. The average molecular weight is 281 g/mol.